The number of hydrogen-bond acceptors (Lipinski definition) is 7. The lowest BCUT2D eigenvalue weighted by atomic mass is 9.96. The predicted molar refractivity (Wildman–Crippen MR) is 173 cm³/mol. The Morgan fingerprint density at radius 1 is 1.09 bits per heavy atom. The number of aromatic nitrogens is 1. The summed E-state index contributed by atoms with van der Waals surface area (Å²) in [6.45, 7) is 3.83. The van der Waals surface area contributed by atoms with Gasteiger partial charge in [0.05, 0.1) is 40.6 Å². The minimum Gasteiger partial charge on any atom is -0.493 e. The maximum Gasteiger partial charge on any atom is 0.338 e. The molecule has 45 heavy (non-hydrogen) atoms. The molecule has 0 saturated carbocycles. The van der Waals surface area contributed by atoms with Crippen LogP contribution in [0.2, 0.25) is 5.02 Å². The molecule has 1 atom stereocenters. The number of benzene rings is 4. The number of esters is 1. The molecule has 1 aromatic heterocycles. The van der Waals surface area contributed by atoms with Crippen LogP contribution in [0.4, 0.5) is 4.39 Å². The summed E-state index contributed by atoms with van der Waals surface area (Å²) in [6.07, 6.45) is 1.69. The van der Waals surface area contributed by atoms with Crippen molar-refractivity contribution in [2.75, 3.05) is 13.7 Å². The van der Waals surface area contributed by atoms with Crippen molar-refractivity contribution < 1.29 is 23.4 Å². The smallest absolute Gasteiger partial charge is 0.338 e. The number of nitrogens with zero attached hydrogens (tertiary/aromatic N) is 2. The first-order valence-corrected chi connectivity index (χ1v) is 15.4. The maximum absolute atomic E-state index is 13.9. The maximum atomic E-state index is 13.9. The van der Waals surface area contributed by atoms with Crippen LogP contribution in [0, 0.1) is 5.82 Å². The molecule has 7 nitrogen and oxygen atoms in total. The Morgan fingerprint density at radius 3 is 2.60 bits per heavy atom. The van der Waals surface area contributed by atoms with Gasteiger partial charge in [-0.25, -0.2) is 14.2 Å². The number of fused-ring (bicyclic) bond motifs is 2. The summed E-state index contributed by atoms with van der Waals surface area (Å²) in [5, 5.41) is 2.51. The summed E-state index contributed by atoms with van der Waals surface area (Å²) < 4.78 is 32.7. The van der Waals surface area contributed by atoms with Gasteiger partial charge in [0.1, 0.15) is 12.4 Å². The van der Waals surface area contributed by atoms with Crippen LogP contribution in [0.5, 0.6) is 11.5 Å². The third kappa shape index (κ3) is 5.89. The summed E-state index contributed by atoms with van der Waals surface area (Å²) in [6, 6.07) is 22.4. The van der Waals surface area contributed by atoms with E-state index in [9.17, 15) is 14.0 Å². The first-order chi connectivity index (χ1) is 21.8. The summed E-state index contributed by atoms with van der Waals surface area (Å²) in [5.74, 6) is -0.221. The molecule has 0 N–H and O–H groups in total. The fourth-order valence-electron chi connectivity index (χ4n) is 5.43. The number of allylic oxidation sites excluding steroid dienone is 1. The zero-order valence-corrected chi connectivity index (χ0v) is 26.2. The normalized spacial score (nSPS) is 14.7. The summed E-state index contributed by atoms with van der Waals surface area (Å²) in [7, 11) is 1.52. The van der Waals surface area contributed by atoms with E-state index in [1.807, 2.05) is 42.5 Å². The van der Waals surface area contributed by atoms with Crippen LogP contribution in [0.15, 0.2) is 99.9 Å². The van der Waals surface area contributed by atoms with E-state index in [0.29, 0.717) is 42.7 Å². The van der Waals surface area contributed by atoms with Crippen molar-refractivity contribution in [1.29, 1.82) is 0 Å². The number of thiazole rings is 1. The first-order valence-electron chi connectivity index (χ1n) is 14.2. The first kappa shape index (κ1) is 30.3. The van der Waals surface area contributed by atoms with Crippen LogP contribution in [-0.2, 0) is 16.1 Å². The van der Waals surface area contributed by atoms with Gasteiger partial charge in [-0.05, 0) is 71.7 Å². The van der Waals surface area contributed by atoms with Gasteiger partial charge in [0.2, 0.25) is 0 Å². The van der Waals surface area contributed by atoms with Gasteiger partial charge in [0.25, 0.3) is 5.56 Å². The van der Waals surface area contributed by atoms with Crippen molar-refractivity contribution in [3.05, 3.63) is 137 Å². The van der Waals surface area contributed by atoms with Crippen molar-refractivity contribution in [3.8, 4) is 11.5 Å². The third-order valence-electron chi connectivity index (χ3n) is 7.50. The molecule has 228 valence electrons. The number of halogens is 2. The minimum absolute atomic E-state index is 0.153. The number of rotatable bonds is 8. The fourth-order valence-corrected chi connectivity index (χ4v) is 6.76. The molecular formula is C35H28ClFN2O5S. The van der Waals surface area contributed by atoms with Gasteiger partial charge in [-0.1, -0.05) is 77.5 Å². The second kappa shape index (κ2) is 12.7. The lowest BCUT2D eigenvalue weighted by Crippen LogP contribution is -2.39. The molecule has 2 heterocycles. The molecule has 0 unspecified atom stereocenters. The van der Waals surface area contributed by atoms with Gasteiger partial charge < -0.3 is 14.2 Å². The van der Waals surface area contributed by atoms with Crippen LogP contribution in [0.25, 0.3) is 16.8 Å². The highest BCUT2D eigenvalue weighted by atomic mass is 35.5. The Hall–Kier alpha value is -4.73. The second-order valence-electron chi connectivity index (χ2n) is 10.3. The van der Waals surface area contributed by atoms with E-state index in [1.54, 1.807) is 44.2 Å². The van der Waals surface area contributed by atoms with E-state index in [4.69, 9.17) is 25.8 Å². The Morgan fingerprint density at radius 2 is 1.84 bits per heavy atom. The summed E-state index contributed by atoms with van der Waals surface area (Å²) >= 11 is 7.89. The highest BCUT2D eigenvalue weighted by molar-refractivity contribution is 7.07. The Bertz CT molecular complexity index is 2150. The zero-order chi connectivity index (χ0) is 31.7. The van der Waals surface area contributed by atoms with E-state index in [-0.39, 0.29) is 24.3 Å². The van der Waals surface area contributed by atoms with Crippen LogP contribution in [0.1, 0.15) is 36.6 Å². The highest BCUT2D eigenvalue weighted by Gasteiger charge is 2.33. The number of hydrogen-bond donors (Lipinski definition) is 0. The topological polar surface area (TPSA) is 79.1 Å². The van der Waals surface area contributed by atoms with Crippen LogP contribution >= 0.6 is 22.9 Å². The lowest BCUT2D eigenvalue weighted by Gasteiger charge is -2.24. The van der Waals surface area contributed by atoms with E-state index in [2.05, 4.69) is 4.99 Å². The lowest BCUT2D eigenvalue weighted by molar-refractivity contribution is -0.139. The third-order valence-corrected chi connectivity index (χ3v) is 8.77. The minimum atomic E-state index is -0.842. The average Bonchev–Trinajstić information content (AvgIpc) is 3.33. The molecule has 1 aliphatic heterocycles. The Kier molecular flexibility index (Phi) is 8.56. The van der Waals surface area contributed by atoms with Crippen molar-refractivity contribution >= 4 is 45.8 Å². The van der Waals surface area contributed by atoms with E-state index < -0.39 is 17.8 Å². The van der Waals surface area contributed by atoms with Crippen LogP contribution < -0.4 is 24.4 Å². The number of carbonyl (C=O) groups excluding carboxylic acids is 1. The molecule has 1 aliphatic rings. The SMILES string of the molecule is CCOC(=O)C1=C(C)N=c2s/c(=C\c3cc(Cl)c(OCc4cccc5ccccc45)c(OC)c3)c(=O)n2[C@@H]1c1ccc(F)cc1. The van der Waals surface area contributed by atoms with Gasteiger partial charge in [0.15, 0.2) is 16.3 Å². The van der Waals surface area contributed by atoms with E-state index >= 15 is 0 Å². The van der Waals surface area contributed by atoms with Crippen LogP contribution in [0.3, 0.4) is 0 Å². The quantitative estimate of drug-likeness (QED) is 0.185. The highest BCUT2D eigenvalue weighted by Crippen LogP contribution is 2.38. The Labute approximate surface area is 267 Å². The molecule has 0 saturated heterocycles. The molecule has 6 rings (SSSR count). The molecule has 0 fully saturated rings. The Balaban J connectivity index is 1.39. The molecular weight excluding hydrogens is 615 g/mol. The monoisotopic (exact) mass is 642 g/mol. The van der Waals surface area contributed by atoms with Gasteiger partial charge in [0, 0.05) is 0 Å². The molecule has 5 aromatic rings. The molecule has 0 aliphatic carbocycles. The zero-order valence-electron chi connectivity index (χ0n) is 24.7. The van der Waals surface area contributed by atoms with Gasteiger partial charge in [-0.15, -0.1) is 0 Å². The summed E-state index contributed by atoms with van der Waals surface area (Å²) in [5.41, 5.74) is 2.45. The summed E-state index contributed by atoms with van der Waals surface area (Å²) in [4.78, 5) is 32.0. The molecule has 0 amide bonds. The average molecular weight is 643 g/mol. The standard InChI is InChI=1S/C35H28ClFN2O5S/c1-4-43-34(41)30-20(2)38-35-39(31(30)23-12-14-25(37)15-13-23)33(40)29(45-35)18-21-16-27(36)32(28(17-21)42-3)44-19-24-10-7-9-22-8-5-6-11-26(22)24/h5-18,31H,4,19H2,1-3H3/b29-18-/t31-/m1/s1. The van der Waals surface area contributed by atoms with Crippen molar-refractivity contribution in [2.24, 2.45) is 4.99 Å². The second-order valence-corrected chi connectivity index (χ2v) is 11.7. The molecule has 4 aromatic carbocycles. The van der Waals surface area contributed by atoms with E-state index in [1.165, 1.54) is 35.1 Å². The van der Waals surface area contributed by atoms with Gasteiger partial charge in [-0.2, -0.15) is 0 Å². The van der Waals surface area contributed by atoms with Crippen molar-refractivity contribution in [2.45, 2.75) is 26.5 Å². The predicted octanol–water partition coefficient (Wildman–Crippen LogP) is 6.33. The molecule has 0 radical (unpaired) electrons. The van der Waals surface area contributed by atoms with Gasteiger partial charge in [-0.3, -0.25) is 9.36 Å². The number of methoxy groups -OCH3 is 1. The van der Waals surface area contributed by atoms with Gasteiger partial charge >= 0.3 is 5.97 Å². The largest absolute Gasteiger partial charge is 0.493 e. The van der Waals surface area contributed by atoms with Crippen molar-refractivity contribution in [3.63, 3.8) is 0 Å². The van der Waals surface area contributed by atoms with E-state index in [0.717, 1.165) is 16.3 Å². The number of ether oxygens (including phenoxy) is 3. The number of carbonyl (C=O) groups is 1. The molecule has 10 heteroatoms. The molecule has 0 bridgehead atoms. The fraction of sp³-hybridized carbons (Fsp3) is 0.171. The van der Waals surface area contributed by atoms with Crippen molar-refractivity contribution in [1.82, 2.24) is 4.57 Å². The van der Waals surface area contributed by atoms with Crippen LogP contribution in [-0.4, -0.2) is 24.3 Å². The molecule has 0 spiro atoms.